The predicted octanol–water partition coefficient (Wildman–Crippen LogP) is 3.37. The Bertz CT molecular complexity index is 476. The summed E-state index contributed by atoms with van der Waals surface area (Å²) >= 11 is 3.01. The Balaban J connectivity index is 2.48. The van der Waals surface area contributed by atoms with E-state index < -0.39 is 17.7 Å². The molecular weight excluding hydrogens is 280 g/mol. The van der Waals surface area contributed by atoms with E-state index in [2.05, 4.69) is 15.9 Å². The Morgan fingerprint density at radius 1 is 1.25 bits per heavy atom. The van der Waals surface area contributed by atoms with E-state index >= 15 is 0 Å². The zero-order valence-electron chi connectivity index (χ0n) is 8.08. The van der Waals surface area contributed by atoms with Gasteiger partial charge in [0.1, 0.15) is 11.6 Å². The van der Waals surface area contributed by atoms with Crippen LogP contribution < -0.4 is 5.73 Å². The lowest BCUT2D eigenvalue weighted by Gasteiger charge is -2.12. The fourth-order valence-electron chi connectivity index (χ4n) is 1.47. The number of hydrogen-bond acceptors (Lipinski definition) is 2. The maximum absolute atomic E-state index is 13.6. The second-order valence-electron chi connectivity index (χ2n) is 3.32. The van der Waals surface area contributed by atoms with E-state index in [1.165, 1.54) is 24.7 Å². The summed E-state index contributed by atoms with van der Waals surface area (Å²) < 4.78 is 32.3. The number of hydrogen-bond donors (Lipinski definition) is 1. The first kappa shape index (κ1) is 11.3. The summed E-state index contributed by atoms with van der Waals surface area (Å²) in [4.78, 5) is 0. The zero-order chi connectivity index (χ0) is 11.7. The first-order chi connectivity index (χ1) is 7.59. The van der Waals surface area contributed by atoms with Crippen molar-refractivity contribution in [3.05, 3.63) is 58.0 Å². The zero-order valence-corrected chi connectivity index (χ0v) is 9.67. The van der Waals surface area contributed by atoms with Gasteiger partial charge in [0.2, 0.25) is 0 Å². The molecule has 0 aliphatic carbocycles. The van der Waals surface area contributed by atoms with Gasteiger partial charge < -0.3 is 10.2 Å². The van der Waals surface area contributed by atoms with Crippen LogP contribution >= 0.6 is 15.9 Å². The molecule has 0 aliphatic heterocycles. The quantitative estimate of drug-likeness (QED) is 0.920. The Labute approximate surface area is 99.2 Å². The van der Waals surface area contributed by atoms with Crippen molar-refractivity contribution in [3.8, 4) is 0 Å². The van der Waals surface area contributed by atoms with Crippen LogP contribution in [0.25, 0.3) is 0 Å². The van der Waals surface area contributed by atoms with Gasteiger partial charge in [-0.15, -0.1) is 0 Å². The molecule has 2 aromatic rings. The van der Waals surface area contributed by atoms with Gasteiger partial charge in [-0.05, 0) is 18.2 Å². The molecule has 1 unspecified atom stereocenters. The molecule has 0 fully saturated rings. The van der Waals surface area contributed by atoms with E-state index in [4.69, 9.17) is 10.2 Å². The standard InChI is InChI=1S/C11H8BrF2NO/c12-7-3-8(13)10(9(14)4-7)11(15)6-1-2-16-5-6/h1-5,11H,15H2. The van der Waals surface area contributed by atoms with Crippen molar-refractivity contribution in [2.45, 2.75) is 6.04 Å². The van der Waals surface area contributed by atoms with E-state index in [9.17, 15) is 8.78 Å². The largest absolute Gasteiger partial charge is 0.472 e. The Morgan fingerprint density at radius 3 is 2.38 bits per heavy atom. The molecule has 1 aromatic heterocycles. The minimum absolute atomic E-state index is 0.162. The number of furan rings is 1. The number of nitrogens with two attached hydrogens (primary N) is 1. The highest BCUT2D eigenvalue weighted by Gasteiger charge is 2.19. The fraction of sp³-hybridized carbons (Fsp3) is 0.0909. The minimum atomic E-state index is -0.869. The van der Waals surface area contributed by atoms with Crippen LogP contribution in [-0.4, -0.2) is 0 Å². The molecule has 2 N–H and O–H groups in total. The van der Waals surface area contributed by atoms with Gasteiger partial charge in [0.15, 0.2) is 0 Å². The summed E-state index contributed by atoms with van der Waals surface area (Å²) in [5, 5.41) is 0. The van der Waals surface area contributed by atoms with E-state index in [1.807, 2.05) is 0 Å². The molecule has 5 heteroatoms. The molecule has 2 nitrogen and oxygen atoms in total. The molecule has 2 rings (SSSR count). The van der Waals surface area contributed by atoms with Crippen molar-refractivity contribution >= 4 is 15.9 Å². The second-order valence-corrected chi connectivity index (χ2v) is 4.23. The van der Waals surface area contributed by atoms with Gasteiger partial charge in [-0.2, -0.15) is 0 Å². The lowest BCUT2D eigenvalue weighted by molar-refractivity contribution is 0.535. The van der Waals surface area contributed by atoms with Crippen molar-refractivity contribution in [2.75, 3.05) is 0 Å². The first-order valence-electron chi connectivity index (χ1n) is 4.51. The van der Waals surface area contributed by atoms with E-state index in [0.29, 0.717) is 10.0 Å². The minimum Gasteiger partial charge on any atom is -0.472 e. The average Bonchev–Trinajstić information content (AvgIpc) is 2.67. The van der Waals surface area contributed by atoms with Gasteiger partial charge >= 0.3 is 0 Å². The highest BCUT2D eigenvalue weighted by Crippen LogP contribution is 2.27. The van der Waals surface area contributed by atoms with Crippen LogP contribution in [0.5, 0.6) is 0 Å². The molecule has 1 atom stereocenters. The fourth-order valence-corrected chi connectivity index (χ4v) is 1.87. The van der Waals surface area contributed by atoms with Gasteiger partial charge in [-0.25, -0.2) is 8.78 Å². The van der Waals surface area contributed by atoms with Crippen molar-refractivity contribution in [2.24, 2.45) is 5.73 Å². The molecular formula is C11H8BrF2NO. The van der Waals surface area contributed by atoms with Crippen LogP contribution in [0.4, 0.5) is 8.78 Å². The molecule has 1 heterocycles. The third-order valence-electron chi connectivity index (χ3n) is 2.26. The number of halogens is 3. The smallest absolute Gasteiger partial charge is 0.132 e. The van der Waals surface area contributed by atoms with Crippen molar-refractivity contribution in [3.63, 3.8) is 0 Å². The van der Waals surface area contributed by atoms with E-state index in [0.717, 1.165) is 0 Å². The molecule has 16 heavy (non-hydrogen) atoms. The summed E-state index contributed by atoms with van der Waals surface area (Å²) in [6, 6.07) is 3.06. The van der Waals surface area contributed by atoms with Gasteiger partial charge in [0.25, 0.3) is 0 Å². The molecule has 0 bridgehead atoms. The maximum atomic E-state index is 13.6. The molecule has 0 aliphatic rings. The SMILES string of the molecule is NC(c1ccoc1)c1c(F)cc(Br)cc1F. The third kappa shape index (κ3) is 2.01. The normalized spacial score (nSPS) is 12.8. The van der Waals surface area contributed by atoms with Crippen LogP contribution in [0.15, 0.2) is 39.6 Å². The lowest BCUT2D eigenvalue weighted by atomic mass is 10.0. The summed E-state index contributed by atoms with van der Waals surface area (Å²) in [7, 11) is 0. The van der Waals surface area contributed by atoms with Crippen LogP contribution in [0.1, 0.15) is 17.2 Å². The second kappa shape index (κ2) is 4.35. The Hall–Kier alpha value is -1.20. The van der Waals surface area contributed by atoms with E-state index in [-0.39, 0.29) is 5.56 Å². The van der Waals surface area contributed by atoms with Gasteiger partial charge in [-0.3, -0.25) is 0 Å². The molecule has 0 saturated carbocycles. The van der Waals surface area contributed by atoms with Crippen LogP contribution in [0.2, 0.25) is 0 Å². The number of benzene rings is 1. The number of rotatable bonds is 2. The molecule has 0 spiro atoms. The van der Waals surface area contributed by atoms with Crippen LogP contribution in [-0.2, 0) is 0 Å². The molecule has 0 radical (unpaired) electrons. The lowest BCUT2D eigenvalue weighted by Crippen LogP contribution is -2.15. The first-order valence-corrected chi connectivity index (χ1v) is 5.31. The Kier molecular flexibility index (Phi) is 3.07. The van der Waals surface area contributed by atoms with Gasteiger partial charge in [0.05, 0.1) is 18.6 Å². The maximum Gasteiger partial charge on any atom is 0.132 e. The molecule has 84 valence electrons. The summed E-state index contributed by atoms with van der Waals surface area (Å²) in [6.45, 7) is 0. The topological polar surface area (TPSA) is 39.2 Å². The Morgan fingerprint density at radius 2 is 1.88 bits per heavy atom. The predicted molar refractivity (Wildman–Crippen MR) is 58.8 cm³/mol. The van der Waals surface area contributed by atoms with Gasteiger partial charge in [0, 0.05) is 15.6 Å². The summed E-state index contributed by atoms with van der Waals surface area (Å²) in [5.74, 6) is -1.36. The highest BCUT2D eigenvalue weighted by atomic mass is 79.9. The molecule has 0 saturated heterocycles. The monoisotopic (exact) mass is 287 g/mol. The van der Waals surface area contributed by atoms with Crippen LogP contribution in [0, 0.1) is 11.6 Å². The van der Waals surface area contributed by atoms with Crippen LogP contribution in [0.3, 0.4) is 0 Å². The molecule has 0 amide bonds. The van der Waals surface area contributed by atoms with Crippen molar-refractivity contribution < 1.29 is 13.2 Å². The van der Waals surface area contributed by atoms with Crippen molar-refractivity contribution in [1.29, 1.82) is 0 Å². The van der Waals surface area contributed by atoms with Crippen molar-refractivity contribution in [1.82, 2.24) is 0 Å². The summed E-state index contributed by atoms with van der Waals surface area (Å²) in [6.07, 6.45) is 2.77. The average molecular weight is 288 g/mol. The highest BCUT2D eigenvalue weighted by molar-refractivity contribution is 9.10. The summed E-state index contributed by atoms with van der Waals surface area (Å²) in [5.41, 5.74) is 6.12. The van der Waals surface area contributed by atoms with Gasteiger partial charge in [-0.1, -0.05) is 15.9 Å². The van der Waals surface area contributed by atoms with E-state index in [1.54, 1.807) is 6.07 Å². The molecule has 1 aromatic carbocycles. The third-order valence-corrected chi connectivity index (χ3v) is 2.71.